The summed E-state index contributed by atoms with van der Waals surface area (Å²) >= 11 is 0. The molecule has 0 radical (unpaired) electrons. The van der Waals surface area contributed by atoms with E-state index in [0.717, 1.165) is 0 Å². The van der Waals surface area contributed by atoms with E-state index in [2.05, 4.69) is 35.9 Å². The Balaban J connectivity index is 2.20. The first kappa shape index (κ1) is 29.5. The van der Waals surface area contributed by atoms with E-state index in [9.17, 15) is 24.3 Å². The Morgan fingerprint density at radius 3 is 1.81 bits per heavy atom. The molecule has 8 N–H and O–H groups in total. The van der Waals surface area contributed by atoms with Gasteiger partial charge in [0.15, 0.2) is 0 Å². The van der Waals surface area contributed by atoms with Crippen molar-refractivity contribution in [3.63, 3.8) is 0 Å². The van der Waals surface area contributed by atoms with Gasteiger partial charge in [0.2, 0.25) is 17.7 Å². The number of aromatic amines is 2. The summed E-state index contributed by atoms with van der Waals surface area (Å²) < 4.78 is 0. The van der Waals surface area contributed by atoms with Crippen molar-refractivity contribution in [2.24, 2.45) is 17.6 Å². The zero-order chi connectivity index (χ0) is 27.5. The summed E-state index contributed by atoms with van der Waals surface area (Å²) in [6, 6.07) is -4.10. The minimum absolute atomic E-state index is 0.0225. The van der Waals surface area contributed by atoms with Crippen LogP contribution in [-0.4, -0.2) is 72.9 Å². The van der Waals surface area contributed by atoms with Gasteiger partial charge >= 0.3 is 5.97 Å². The number of carboxylic acids is 1. The highest BCUT2D eigenvalue weighted by Gasteiger charge is 2.32. The highest BCUT2D eigenvalue weighted by Crippen LogP contribution is 2.10. The Bertz CT molecular complexity index is 1010. The van der Waals surface area contributed by atoms with Crippen molar-refractivity contribution < 1.29 is 24.3 Å². The van der Waals surface area contributed by atoms with Gasteiger partial charge in [-0.05, 0) is 18.3 Å². The number of aliphatic carboxylic acids is 1. The van der Waals surface area contributed by atoms with Crippen LogP contribution in [0.4, 0.5) is 0 Å². The molecular formula is C24H38N8O5. The van der Waals surface area contributed by atoms with Crippen molar-refractivity contribution in [1.29, 1.82) is 0 Å². The third-order valence-electron chi connectivity index (χ3n) is 6.11. The number of hydrogen-bond acceptors (Lipinski definition) is 7. The molecule has 0 aliphatic heterocycles. The molecule has 2 rings (SSSR count). The van der Waals surface area contributed by atoms with Gasteiger partial charge in [0.05, 0.1) is 18.7 Å². The maximum absolute atomic E-state index is 13.3. The normalized spacial score (nSPS) is 15.3. The Morgan fingerprint density at radius 1 is 0.865 bits per heavy atom. The van der Waals surface area contributed by atoms with Crippen LogP contribution in [0.25, 0.3) is 0 Å². The fourth-order valence-electron chi connectivity index (χ4n) is 3.67. The van der Waals surface area contributed by atoms with Gasteiger partial charge < -0.3 is 36.8 Å². The van der Waals surface area contributed by atoms with Crippen LogP contribution in [0.5, 0.6) is 0 Å². The number of amides is 3. The summed E-state index contributed by atoms with van der Waals surface area (Å²) in [5.74, 6) is -2.97. The Hall–Kier alpha value is -3.74. The van der Waals surface area contributed by atoms with Gasteiger partial charge in [-0.25, -0.2) is 14.8 Å². The van der Waals surface area contributed by atoms with E-state index in [-0.39, 0.29) is 24.7 Å². The van der Waals surface area contributed by atoms with Crippen molar-refractivity contribution >= 4 is 23.7 Å². The van der Waals surface area contributed by atoms with Crippen LogP contribution in [0.1, 0.15) is 51.9 Å². The third kappa shape index (κ3) is 9.33. The standard InChI is InChI=1S/C24H38N8O5/c1-5-14(4)20(25)23(35)31-17(6-13(2)3)21(33)30-18(7-15-9-26-11-28-15)22(34)32-19(24(36)37)8-16-10-27-12-29-16/h9-14,17-20H,5-8,25H2,1-4H3,(H,26,28)(H,27,29)(H,30,33)(H,31,35)(H,32,34)(H,36,37). The number of H-pyrrole nitrogens is 2. The molecule has 0 spiro atoms. The molecule has 0 aromatic carbocycles. The van der Waals surface area contributed by atoms with Gasteiger partial charge in [-0.1, -0.05) is 34.1 Å². The van der Waals surface area contributed by atoms with Gasteiger partial charge in [-0.3, -0.25) is 14.4 Å². The van der Waals surface area contributed by atoms with E-state index in [1.807, 2.05) is 27.7 Å². The Morgan fingerprint density at radius 2 is 1.35 bits per heavy atom. The van der Waals surface area contributed by atoms with Gasteiger partial charge in [-0.2, -0.15) is 0 Å². The lowest BCUT2D eigenvalue weighted by atomic mass is 9.97. The first-order chi connectivity index (χ1) is 17.5. The minimum Gasteiger partial charge on any atom is -0.480 e. The Kier molecular flexibility index (Phi) is 11.2. The van der Waals surface area contributed by atoms with Gasteiger partial charge in [0.25, 0.3) is 0 Å². The van der Waals surface area contributed by atoms with Gasteiger partial charge in [0.1, 0.15) is 18.1 Å². The van der Waals surface area contributed by atoms with E-state index < -0.39 is 47.9 Å². The number of carboxylic acid groups (broad SMARTS) is 1. The van der Waals surface area contributed by atoms with E-state index in [1.54, 1.807) is 0 Å². The van der Waals surface area contributed by atoms with Crippen LogP contribution in [0.2, 0.25) is 0 Å². The molecule has 3 amide bonds. The maximum atomic E-state index is 13.3. The molecule has 0 saturated carbocycles. The van der Waals surface area contributed by atoms with E-state index in [1.165, 1.54) is 25.0 Å². The molecule has 0 fully saturated rings. The Labute approximate surface area is 215 Å². The molecule has 2 aromatic rings. The summed E-state index contributed by atoms with van der Waals surface area (Å²) in [6.45, 7) is 7.59. The SMILES string of the molecule is CCC(C)C(N)C(=O)NC(CC(C)C)C(=O)NC(Cc1cnc[nH]1)C(=O)NC(Cc1cnc[nH]1)C(=O)O. The zero-order valence-corrected chi connectivity index (χ0v) is 21.7. The lowest BCUT2D eigenvalue weighted by molar-refractivity contribution is -0.142. The number of nitrogens with zero attached hydrogens (tertiary/aromatic N) is 2. The van der Waals surface area contributed by atoms with Gasteiger partial charge in [0, 0.05) is 36.6 Å². The summed E-state index contributed by atoms with van der Waals surface area (Å²) in [5, 5.41) is 17.5. The van der Waals surface area contributed by atoms with Crippen LogP contribution < -0.4 is 21.7 Å². The second-order valence-corrected chi connectivity index (χ2v) is 9.62. The molecular weight excluding hydrogens is 480 g/mol. The summed E-state index contributed by atoms with van der Waals surface area (Å²) in [7, 11) is 0. The molecule has 0 aliphatic carbocycles. The number of carbonyl (C=O) groups is 4. The topological polar surface area (TPSA) is 208 Å². The molecule has 0 saturated heterocycles. The van der Waals surface area contributed by atoms with Crippen molar-refractivity contribution in [1.82, 2.24) is 35.9 Å². The van der Waals surface area contributed by atoms with E-state index >= 15 is 0 Å². The molecule has 0 aliphatic rings. The van der Waals surface area contributed by atoms with Crippen molar-refractivity contribution in [2.45, 2.75) is 77.5 Å². The lowest BCUT2D eigenvalue weighted by Gasteiger charge is -2.26. The molecule has 2 heterocycles. The fourth-order valence-corrected chi connectivity index (χ4v) is 3.67. The molecule has 13 heteroatoms. The first-order valence-corrected chi connectivity index (χ1v) is 12.4. The highest BCUT2D eigenvalue weighted by molar-refractivity contribution is 5.94. The number of imidazole rings is 2. The zero-order valence-electron chi connectivity index (χ0n) is 21.7. The molecule has 0 bridgehead atoms. The van der Waals surface area contributed by atoms with Crippen LogP contribution in [-0.2, 0) is 32.0 Å². The van der Waals surface area contributed by atoms with Crippen LogP contribution in [0.15, 0.2) is 25.0 Å². The van der Waals surface area contributed by atoms with Crippen molar-refractivity contribution in [2.75, 3.05) is 0 Å². The van der Waals surface area contributed by atoms with Crippen LogP contribution >= 0.6 is 0 Å². The molecule has 37 heavy (non-hydrogen) atoms. The molecule has 13 nitrogen and oxygen atoms in total. The smallest absolute Gasteiger partial charge is 0.326 e. The quantitative estimate of drug-likeness (QED) is 0.169. The highest BCUT2D eigenvalue weighted by atomic mass is 16.4. The number of nitrogens with one attached hydrogen (secondary N) is 5. The van der Waals surface area contributed by atoms with Crippen molar-refractivity contribution in [3.05, 3.63) is 36.4 Å². The fraction of sp³-hybridized carbons (Fsp3) is 0.583. The number of rotatable bonds is 15. The number of carbonyl (C=O) groups excluding carboxylic acids is 3. The van der Waals surface area contributed by atoms with Gasteiger partial charge in [-0.15, -0.1) is 0 Å². The lowest BCUT2D eigenvalue weighted by Crippen LogP contribution is -2.58. The second-order valence-electron chi connectivity index (χ2n) is 9.62. The molecule has 5 atom stereocenters. The van der Waals surface area contributed by atoms with E-state index in [4.69, 9.17) is 5.73 Å². The first-order valence-electron chi connectivity index (χ1n) is 12.4. The summed E-state index contributed by atoms with van der Waals surface area (Å²) in [4.78, 5) is 64.5. The second kappa shape index (κ2) is 14.1. The van der Waals surface area contributed by atoms with Crippen LogP contribution in [0.3, 0.4) is 0 Å². The summed E-state index contributed by atoms with van der Waals surface area (Å²) in [6.07, 6.45) is 6.84. The molecule has 5 unspecified atom stereocenters. The number of hydrogen-bond donors (Lipinski definition) is 7. The number of aromatic nitrogens is 4. The molecule has 204 valence electrons. The van der Waals surface area contributed by atoms with Crippen LogP contribution in [0, 0.1) is 11.8 Å². The third-order valence-corrected chi connectivity index (χ3v) is 6.11. The average Bonchev–Trinajstić information content (AvgIpc) is 3.55. The predicted octanol–water partition coefficient (Wildman–Crippen LogP) is -0.123. The summed E-state index contributed by atoms with van der Waals surface area (Å²) in [5.41, 5.74) is 7.13. The van der Waals surface area contributed by atoms with E-state index in [0.29, 0.717) is 24.2 Å². The largest absolute Gasteiger partial charge is 0.480 e. The average molecular weight is 519 g/mol. The van der Waals surface area contributed by atoms with Crippen molar-refractivity contribution in [3.8, 4) is 0 Å². The molecule has 2 aromatic heterocycles. The monoisotopic (exact) mass is 518 g/mol. The minimum atomic E-state index is -1.26. The number of nitrogens with two attached hydrogens (primary N) is 1. The maximum Gasteiger partial charge on any atom is 0.326 e. The predicted molar refractivity (Wildman–Crippen MR) is 135 cm³/mol.